The molecule has 1 N–H and O–H groups in total. The van der Waals surface area contributed by atoms with E-state index in [1.165, 1.54) is 17.5 Å². The second-order valence-corrected chi connectivity index (χ2v) is 11.0. The molecule has 0 bridgehead atoms. The summed E-state index contributed by atoms with van der Waals surface area (Å²) >= 11 is 0. The zero-order valence-electron chi connectivity index (χ0n) is 21.9. The molecule has 0 saturated carbocycles. The van der Waals surface area contributed by atoms with Crippen LogP contribution in [-0.2, 0) is 11.3 Å². The number of ketones is 1. The molecule has 2 unspecified atom stereocenters. The number of rotatable bonds is 6. The summed E-state index contributed by atoms with van der Waals surface area (Å²) in [5.74, 6) is -1.94. The van der Waals surface area contributed by atoms with Gasteiger partial charge in [-0.2, -0.15) is 0 Å². The van der Waals surface area contributed by atoms with Crippen molar-refractivity contribution in [2.75, 3.05) is 26.7 Å². The molecule has 1 aromatic heterocycles. The minimum atomic E-state index is -0.782. The molecule has 3 aliphatic rings. The number of hydrogen-bond donors (Lipinski definition) is 1. The number of Topliss-reactive ketones (excluding diaryl/α,β-unsaturated/α-hetero) is 1. The molecule has 34 heavy (non-hydrogen) atoms. The lowest BCUT2D eigenvalue weighted by Crippen LogP contribution is -2.44. The number of likely N-dealkylation sites (N-methyl/N-ethyl adjacent to an activating group) is 1. The van der Waals surface area contributed by atoms with Gasteiger partial charge in [-0.1, -0.05) is 0 Å². The van der Waals surface area contributed by atoms with Gasteiger partial charge in [0.1, 0.15) is 5.71 Å². The first-order chi connectivity index (χ1) is 15.9. The number of hydrazine groups is 1. The minimum Gasteiger partial charge on any atom is -0.874 e. The maximum Gasteiger partial charge on any atom is 0.379 e. The largest absolute Gasteiger partial charge is 0.874 e. The quantitative estimate of drug-likeness (QED) is 0.647. The average Bonchev–Trinajstić information content (AvgIpc) is 3.45. The normalized spacial score (nSPS) is 24.0. The highest BCUT2D eigenvalue weighted by atomic mass is 16.3. The Morgan fingerprint density at radius 2 is 1.74 bits per heavy atom. The van der Waals surface area contributed by atoms with Crippen LogP contribution in [0.3, 0.4) is 0 Å². The maximum absolute atomic E-state index is 13.4. The molecule has 1 aromatic rings. The first-order valence-electron chi connectivity index (χ1n) is 12.3. The van der Waals surface area contributed by atoms with Crippen molar-refractivity contribution >= 4 is 17.4 Å². The van der Waals surface area contributed by atoms with Crippen molar-refractivity contribution in [1.29, 1.82) is 0 Å². The van der Waals surface area contributed by atoms with Crippen LogP contribution in [0.1, 0.15) is 69.0 Å². The number of allylic oxidation sites excluding steroid dienone is 1. The number of aliphatic hydroxyl groups is 1. The fourth-order valence-electron chi connectivity index (χ4n) is 5.68. The zero-order valence-corrected chi connectivity index (χ0v) is 21.9. The van der Waals surface area contributed by atoms with Crippen LogP contribution in [0.2, 0.25) is 0 Å². The molecule has 8 nitrogen and oxygen atoms in total. The Morgan fingerprint density at radius 1 is 1.12 bits per heavy atom. The summed E-state index contributed by atoms with van der Waals surface area (Å²) in [6.07, 6.45) is 2.48. The summed E-state index contributed by atoms with van der Waals surface area (Å²) in [4.78, 5) is 13.4. The van der Waals surface area contributed by atoms with Gasteiger partial charge in [0.05, 0.1) is 5.92 Å². The van der Waals surface area contributed by atoms with Crippen LogP contribution in [0, 0.1) is 26.7 Å². The van der Waals surface area contributed by atoms with Crippen LogP contribution in [0.25, 0.3) is 0 Å². The molecule has 186 valence electrons. The van der Waals surface area contributed by atoms with E-state index in [-0.39, 0.29) is 23.0 Å². The van der Waals surface area contributed by atoms with E-state index in [4.69, 9.17) is 0 Å². The summed E-state index contributed by atoms with van der Waals surface area (Å²) in [6.45, 7) is 17.5. The number of aliphatic hydroxyl groups excluding tert-OH is 1. The van der Waals surface area contributed by atoms with Gasteiger partial charge in [-0.3, -0.25) is 4.79 Å². The van der Waals surface area contributed by atoms with Crippen molar-refractivity contribution in [2.45, 2.75) is 79.3 Å². The van der Waals surface area contributed by atoms with Gasteiger partial charge < -0.3 is 14.8 Å². The fraction of sp³-hybridized carbons (Fsp3) is 0.654. The minimum absolute atomic E-state index is 0.0349. The van der Waals surface area contributed by atoms with Gasteiger partial charge in [0.25, 0.3) is 0 Å². The molecule has 0 aromatic carbocycles. The topological polar surface area (TPSA) is 87.1 Å². The Bertz CT molecular complexity index is 1110. The first-order valence-corrected chi connectivity index (χ1v) is 12.3. The Labute approximate surface area is 202 Å². The molecule has 4 rings (SSSR count). The van der Waals surface area contributed by atoms with Crippen LogP contribution < -0.4 is 5.11 Å². The molecule has 3 heterocycles. The van der Waals surface area contributed by atoms with E-state index in [1.807, 2.05) is 34.6 Å². The standard InChI is InChI=1S/C26H39N5O3/c1-15-17(3)30(14-13-28(8)29-11-9-10-12-29)18(4)19(15)21-23(32)22(24(21)33)20-16(2)27-31(25(20)34)26(5,6)7/h20-21H,9-14H2,1-8H3,(H,32,33). The summed E-state index contributed by atoms with van der Waals surface area (Å²) < 4.78 is 3.75. The second kappa shape index (κ2) is 8.64. The number of carbonyl (C=O) groups excluding carboxylic acids is 1. The molecular weight excluding hydrogens is 430 g/mol. The lowest BCUT2D eigenvalue weighted by Gasteiger charge is -2.38. The Morgan fingerprint density at radius 3 is 2.26 bits per heavy atom. The lowest BCUT2D eigenvalue weighted by atomic mass is 9.70. The van der Waals surface area contributed by atoms with Gasteiger partial charge in [-0.15, -0.1) is 5.76 Å². The lowest BCUT2D eigenvalue weighted by molar-refractivity contribution is -0.606. The average molecular weight is 470 g/mol. The predicted molar refractivity (Wildman–Crippen MR) is 131 cm³/mol. The second-order valence-electron chi connectivity index (χ2n) is 11.0. The monoisotopic (exact) mass is 469 g/mol. The highest BCUT2D eigenvalue weighted by Crippen LogP contribution is 2.44. The third kappa shape index (κ3) is 3.81. The molecule has 2 aliphatic heterocycles. The van der Waals surface area contributed by atoms with Crippen molar-refractivity contribution in [2.24, 2.45) is 11.0 Å². The van der Waals surface area contributed by atoms with Crippen LogP contribution >= 0.6 is 0 Å². The number of hydrogen-bond acceptors (Lipinski definition) is 5. The number of aromatic nitrogens is 1. The third-order valence-corrected chi connectivity index (χ3v) is 7.78. The Balaban J connectivity index is 1.61. The third-order valence-electron chi connectivity index (χ3n) is 7.78. The van der Waals surface area contributed by atoms with Crippen molar-refractivity contribution in [3.8, 4) is 0 Å². The van der Waals surface area contributed by atoms with Crippen LogP contribution in [0.4, 0.5) is 0 Å². The van der Waals surface area contributed by atoms with Crippen LogP contribution in [0.5, 0.6) is 0 Å². The van der Waals surface area contributed by atoms with E-state index in [0.717, 1.165) is 48.7 Å². The number of nitrogens with zero attached hydrogens (tertiary/aromatic N) is 5. The fourth-order valence-corrected chi connectivity index (χ4v) is 5.68. The molecule has 2 atom stereocenters. The van der Waals surface area contributed by atoms with Gasteiger partial charge >= 0.3 is 5.90 Å². The molecule has 1 saturated heterocycles. The van der Waals surface area contributed by atoms with E-state index in [2.05, 4.69) is 33.7 Å². The molecule has 0 radical (unpaired) electrons. The van der Waals surface area contributed by atoms with E-state index in [9.17, 15) is 15.0 Å². The summed E-state index contributed by atoms with van der Waals surface area (Å²) in [5, 5.41) is 33.3. The summed E-state index contributed by atoms with van der Waals surface area (Å²) in [7, 11) is 2.13. The Hall–Kier alpha value is -2.45. The smallest absolute Gasteiger partial charge is 0.379 e. The van der Waals surface area contributed by atoms with Crippen LogP contribution in [0.15, 0.2) is 16.4 Å². The molecule has 0 spiro atoms. The van der Waals surface area contributed by atoms with Gasteiger partial charge in [-0.25, -0.2) is 10.0 Å². The molecule has 1 fully saturated rings. The summed E-state index contributed by atoms with van der Waals surface area (Å²) in [6, 6.07) is 0. The van der Waals surface area contributed by atoms with Gasteiger partial charge in [0, 0.05) is 71.0 Å². The highest BCUT2D eigenvalue weighted by Gasteiger charge is 2.50. The van der Waals surface area contributed by atoms with Gasteiger partial charge in [0.2, 0.25) is 0 Å². The molecule has 8 heteroatoms. The highest BCUT2D eigenvalue weighted by molar-refractivity contribution is 6.20. The molecule has 1 aliphatic carbocycles. The van der Waals surface area contributed by atoms with Crippen molar-refractivity contribution in [1.82, 2.24) is 14.6 Å². The number of carbonyl (C=O) groups is 1. The SMILES string of the molecule is CC1=N[N+](C(C)(C)C)=C(O)C1C1=C([O-])C(c2c(C)c(C)n(CCN(C)N3CCCC3)c2C)C1=O. The van der Waals surface area contributed by atoms with Crippen LogP contribution in [-0.4, -0.2) is 74.0 Å². The van der Waals surface area contributed by atoms with Gasteiger partial charge in [-0.05, 0) is 61.4 Å². The van der Waals surface area contributed by atoms with Gasteiger partial charge in [0.15, 0.2) is 17.2 Å². The maximum atomic E-state index is 13.4. The predicted octanol–water partition coefficient (Wildman–Crippen LogP) is 2.41. The number of hydrazone groups is 1. The van der Waals surface area contributed by atoms with Crippen molar-refractivity contribution < 1.29 is 19.7 Å². The first kappa shape index (κ1) is 24.7. The van der Waals surface area contributed by atoms with E-state index < -0.39 is 17.4 Å². The van der Waals surface area contributed by atoms with E-state index >= 15 is 0 Å². The molecular formula is C26H39N5O3. The van der Waals surface area contributed by atoms with Crippen molar-refractivity contribution in [3.05, 3.63) is 33.8 Å². The zero-order chi connectivity index (χ0) is 25.1. The van der Waals surface area contributed by atoms with Crippen molar-refractivity contribution in [3.63, 3.8) is 0 Å². The molecule has 0 amide bonds. The summed E-state index contributed by atoms with van der Waals surface area (Å²) in [5.41, 5.74) is 4.22. The van der Waals surface area contributed by atoms with E-state index in [0.29, 0.717) is 5.71 Å². The van der Waals surface area contributed by atoms with E-state index in [1.54, 1.807) is 6.92 Å². The Kier molecular flexibility index (Phi) is 6.27.